The van der Waals surface area contributed by atoms with Gasteiger partial charge in [0, 0.05) is 59.1 Å². The van der Waals surface area contributed by atoms with Gasteiger partial charge >= 0.3 is 15.8 Å². The van der Waals surface area contributed by atoms with Crippen molar-refractivity contribution in [3.05, 3.63) is 64.0 Å². The van der Waals surface area contributed by atoms with Gasteiger partial charge < -0.3 is 20.6 Å². The Morgan fingerprint density at radius 2 is 1.86 bits per heavy atom. The van der Waals surface area contributed by atoms with E-state index in [4.69, 9.17) is 0 Å². The Morgan fingerprint density at radius 3 is 2.51 bits per heavy atom. The molecule has 4 heterocycles. The van der Waals surface area contributed by atoms with Crippen LogP contribution in [-0.2, 0) is 16.8 Å². The number of nitrogens with zero attached hydrogens (tertiary/aromatic N) is 5. The van der Waals surface area contributed by atoms with E-state index >= 15 is 0 Å². The molecule has 0 atom stereocenters. The van der Waals surface area contributed by atoms with Crippen molar-refractivity contribution >= 4 is 33.1 Å². The number of aromatic nitrogens is 2. The molecule has 1 aromatic carbocycles. The number of hydrogen-bond acceptors (Lipinski definition) is 8. The molecular formula is C23H26FN7O5S. The summed E-state index contributed by atoms with van der Waals surface area (Å²) in [6.45, 7) is 3.06. The Hall–Kier alpha value is -3.75. The first kappa shape index (κ1) is 24.9. The molecule has 2 saturated heterocycles. The highest BCUT2D eigenvalue weighted by Gasteiger charge is 2.36. The standard InChI is InChI=1S/C23H26FN7O5S/c1-28-10-11-31(37(28,35)36)18-12-17(29-8-6-25-7-9-29)14-30-21(18)27-19(20(32)23(30)34)22(33)26-13-15-2-4-16(24)5-3-15/h2-5,12,14,25,32H,6-11,13H2,1H3,(H,26,33). The minimum Gasteiger partial charge on any atom is -0.501 e. The smallest absolute Gasteiger partial charge is 0.304 e. The number of likely N-dealkylation sites (N-methyl/N-ethyl adjacent to an activating group) is 1. The van der Waals surface area contributed by atoms with E-state index in [1.54, 1.807) is 6.07 Å². The number of pyridine rings is 1. The third-order valence-electron chi connectivity index (χ3n) is 6.49. The molecule has 196 valence electrons. The quantitative estimate of drug-likeness (QED) is 0.414. The first-order valence-electron chi connectivity index (χ1n) is 11.7. The van der Waals surface area contributed by atoms with Crippen LogP contribution < -0.4 is 25.4 Å². The fraction of sp³-hybridized carbons (Fsp3) is 0.348. The van der Waals surface area contributed by atoms with Crippen LogP contribution in [0.3, 0.4) is 0 Å². The van der Waals surface area contributed by atoms with Crippen molar-refractivity contribution in [1.29, 1.82) is 0 Å². The van der Waals surface area contributed by atoms with Crippen LogP contribution in [-0.4, -0.2) is 79.4 Å². The van der Waals surface area contributed by atoms with Crippen molar-refractivity contribution in [3.8, 4) is 5.75 Å². The summed E-state index contributed by atoms with van der Waals surface area (Å²) < 4.78 is 42.7. The number of benzene rings is 1. The monoisotopic (exact) mass is 531 g/mol. The maximum absolute atomic E-state index is 13.2. The molecule has 3 aromatic rings. The Bertz CT molecular complexity index is 1520. The van der Waals surface area contributed by atoms with E-state index in [0.717, 1.165) is 8.71 Å². The van der Waals surface area contributed by atoms with Gasteiger partial charge in [-0.2, -0.15) is 12.7 Å². The summed E-state index contributed by atoms with van der Waals surface area (Å²) in [6.07, 6.45) is 1.49. The molecule has 2 aromatic heterocycles. The predicted octanol–water partition coefficient (Wildman–Crippen LogP) is -0.125. The first-order valence-corrected chi connectivity index (χ1v) is 13.1. The maximum atomic E-state index is 13.2. The molecule has 14 heteroatoms. The summed E-state index contributed by atoms with van der Waals surface area (Å²) in [4.78, 5) is 32.4. The number of halogens is 1. The summed E-state index contributed by atoms with van der Waals surface area (Å²) >= 11 is 0. The lowest BCUT2D eigenvalue weighted by Gasteiger charge is -2.30. The van der Waals surface area contributed by atoms with Crippen LogP contribution in [0.2, 0.25) is 0 Å². The topological polar surface area (TPSA) is 140 Å². The third-order valence-corrected chi connectivity index (χ3v) is 8.40. The van der Waals surface area contributed by atoms with Crippen molar-refractivity contribution < 1.29 is 22.7 Å². The van der Waals surface area contributed by atoms with Crippen LogP contribution in [0.4, 0.5) is 15.8 Å². The van der Waals surface area contributed by atoms with Crippen LogP contribution in [0.5, 0.6) is 5.75 Å². The Labute approximate surface area is 212 Å². The number of amides is 1. The SMILES string of the molecule is CN1CCN(c2cc(N3CCNCC3)cn3c(=O)c(O)c(C(=O)NCc4ccc(F)cc4)nc23)S1(=O)=O. The fourth-order valence-corrected chi connectivity index (χ4v) is 5.72. The van der Waals surface area contributed by atoms with E-state index in [9.17, 15) is 27.5 Å². The molecule has 0 bridgehead atoms. The molecular weight excluding hydrogens is 505 g/mol. The molecule has 5 rings (SSSR count). The highest BCUT2D eigenvalue weighted by Crippen LogP contribution is 2.32. The molecule has 0 spiro atoms. The van der Waals surface area contributed by atoms with Crippen molar-refractivity contribution in [2.75, 3.05) is 55.5 Å². The number of fused-ring (bicyclic) bond motifs is 1. The zero-order valence-corrected chi connectivity index (χ0v) is 20.8. The van der Waals surface area contributed by atoms with E-state index in [-0.39, 0.29) is 31.0 Å². The van der Waals surface area contributed by atoms with Crippen LogP contribution in [0.1, 0.15) is 16.1 Å². The van der Waals surface area contributed by atoms with Gasteiger partial charge in [-0.05, 0) is 23.8 Å². The largest absolute Gasteiger partial charge is 0.501 e. The average molecular weight is 532 g/mol. The second-order valence-electron chi connectivity index (χ2n) is 8.84. The number of nitrogens with one attached hydrogen (secondary N) is 2. The van der Waals surface area contributed by atoms with Crippen LogP contribution in [0, 0.1) is 5.82 Å². The van der Waals surface area contributed by atoms with E-state index in [1.807, 2.05) is 4.90 Å². The molecule has 37 heavy (non-hydrogen) atoms. The summed E-state index contributed by atoms with van der Waals surface area (Å²) in [5, 5.41) is 16.4. The third kappa shape index (κ3) is 4.58. The summed E-state index contributed by atoms with van der Waals surface area (Å²) in [5.74, 6) is -2.12. The van der Waals surface area contributed by atoms with Gasteiger partial charge in [0.25, 0.3) is 5.91 Å². The Balaban J connectivity index is 1.61. The lowest BCUT2D eigenvalue weighted by molar-refractivity contribution is 0.0942. The molecule has 0 saturated carbocycles. The van der Waals surface area contributed by atoms with Gasteiger partial charge in [-0.1, -0.05) is 12.1 Å². The van der Waals surface area contributed by atoms with Crippen molar-refractivity contribution in [3.63, 3.8) is 0 Å². The first-order chi connectivity index (χ1) is 17.7. The van der Waals surface area contributed by atoms with E-state index < -0.39 is 38.9 Å². The van der Waals surface area contributed by atoms with Crippen LogP contribution >= 0.6 is 0 Å². The molecule has 2 fully saturated rings. The fourth-order valence-electron chi connectivity index (χ4n) is 4.38. The minimum absolute atomic E-state index is 0.000304. The normalized spacial score (nSPS) is 17.9. The maximum Gasteiger partial charge on any atom is 0.304 e. The van der Waals surface area contributed by atoms with Crippen molar-refractivity contribution in [2.24, 2.45) is 0 Å². The highest BCUT2D eigenvalue weighted by atomic mass is 32.2. The molecule has 3 N–H and O–H groups in total. The van der Waals surface area contributed by atoms with Crippen LogP contribution in [0.25, 0.3) is 5.65 Å². The number of carbonyl (C=O) groups is 1. The van der Waals surface area contributed by atoms with E-state index in [0.29, 0.717) is 37.4 Å². The Kier molecular flexibility index (Phi) is 6.47. The van der Waals surface area contributed by atoms with Crippen molar-refractivity contribution in [1.82, 2.24) is 24.3 Å². The highest BCUT2D eigenvalue weighted by molar-refractivity contribution is 7.90. The van der Waals surface area contributed by atoms with Crippen LogP contribution in [0.15, 0.2) is 41.3 Å². The van der Waals surface area contributed by atoms with Gasteiger partial charge in [0.1, 0.15) is 5.82 Å². The summed E-state index contributed by atoms with van der Waals surface area (Å²) in [5.41, 5.74) is -0.198. The molecule has 0 radical (unpaired) electrons. The van der Waals surface area contributed by atoms with Gasteiger partial charge in [0.15, 0.2) is 11.3 Å². The minimum atomic E-state index is -3.88. The van der Waals surface area contributed by atoms with Gasteiger partial charge in [-0.15, -0.1) is 0 Å². The average Bonchev–Trinajstić information content (AvgIpc) is 3.17. The number of aromatic hydroxyl groups is 1. The van der Waals surface area contributed by atoms with Gasteiger partial charge in [-0.3, -0.25) is 18.3 Å². The molecule has 0 unspecified atom stereocenters. The molecule has 0 aliphatic carbocycles. The predicted molar refractivity (Wildman–Crippen MR) is 135 cm³/mol. The number of carbonyl (C=O) groups excluding carboxylic acids is 1. The Morgan fingerprint density at radius 1 is 1.16 bits per heavy atom. The van der Waals surface area contributed by atoms with Gasteiger partial charge in [-0.25, -0.2) is 9.37 Å². The number of hydrogen-bond donors (Lipinski definition) is 3. The summed E-state index contributed by atoms with van der Waals surface area (Å²) in [6, 6.07) is 7.11. The molecule has 1 amide bonds. The molecule has 2 aliphatic heterocycles. The zero-order valence-electron chi connectivity index (χ0n) is 20.0. The lowest BCUT2D eigenvalue weighted by atomic mass is 10.2. The number of anilines is 2. The number of piperazine rings is 1. The second kappa shape index (κ2) is 9.61. The van der Waals surface area contributed by atoms with Crippen molar-refractivity contribution in [2.45, 2.75) is 6.54 Å². The summed E-state index contributed by atoms with van der Waals surface area (Å²) in [7, 11) is -2.42. The number of rotatable bonds is 5. The lowest BCUT2D eigenvalue weighted by Crippen LogP contribution is -2.44. The van der Waals surface area contributed by atoms with Gasteiger partial charge in [0.2, 0.25) is 5.75 Å². The molecule has 12 nitrogen and oxygen atoms in total. The second-order valence-corrected chi connectivity index (χ2v) is 10.8. The van der Waals surface area contributed by atoms with Gasteiger partial charge in [0.05, 0.1) is 11.4 Å². The molecule has 2 aliphatic rings. The van der Waals surface area contributed by atoms with E-state index in [1.165, 1.54) is 41.8 Å². The van der Waals surface area contributed by atoms with E-state index in [2.05, 4.69) is 15.6 Å². The zero-order chi connectivity index (χ0) is 26.3.